The Morgan fingerprint density at radius 2 is 1.94 bits per heavy atom. The molecule has 0 unspecified atom stereocenters. The van der Waals surface area contributed by atoms with Gasteiger partial charge < -0.3 is 10.4 Å². The van der Waals surface area contributed by atoms with Gasteiger partial charge in [0.2, 0.25) is 0 Å². The summed E-state index contributed by atoms with van der Waals surface area (Å²) in [5, 5.41) is 13.6. The van der Waals surface area contributed by atoms with E-state index in [0.29, 0.717) is 0 Å². The second-order valence-electron chi connectivity index (χ2n) is 5.23. The third-order valence-corrected chi connectivity index (χ3v) is 4.32. The van der Waals surface area contributed by atoms with Crippen molar-refractivity contribution in [2.24, 2.45) is 5.92 Å². The van der Waals surface area contributed by atoms with Gasteiger partial charge in [0.05, 0.1) is 5.92 Å². The van der Waals surface area contributed by atoms with Crippen LogP contribution in [-0.4, -0.2) is 17.6 Å². The molecule has 0 amide bonds. The van der Waals surface area contributed by atoms with E-state index in [2.05, 4.69) is 23.5 Å². The van der Waals surface area contributed by atoms with E-state index in [1.165, 1.54) is 5.56 Å². The number of carbonyl (C=O) groups is 1. The van der Waals surface area contributed by atoms with Crippen molar-refractivity contribution in [1.82, 2.24) is 0 Å². The minimum atomic E-state index is -0.636. The normalized spacial score (nSPS) is 29.2. The van der Waals surface area contributed by atoms with Crippen LogP contribution in [0.15, 0.2) is 24.3 Å². The van der Waals surface area contributed by atoms with E-state index in [4.69, 9.17) is 5.11 Å². The Kier molecular flexibility index (Phi) is 4.39. The summed E-state index contributed by atoms with van der Waals surface area (Å²) in [4.78, 5) is 11.0. The van der Waals surface area contributed by atoms with Crippen LogP contribution in [0.3, 0.4) is 0 Å². The molecule has 0 bridgehead atoms. The van der Waals surface area contributed by atoms with E-state index in [1.54, 1.807) is 0 Å². The fraction of sp³-hybridized carbons (Fsp3) is 0.500. The summed E-state index contributed by atoms with van der Waals surface area (Å²) in [6, 6.07) is 8.30. The van der Waals surface area contributed by atoms with Crippen LogP contribution in [-0.2, 0) is 10.2 Å². The molecule has 1 aromatic carbocycles. The first-order valence-electron chi connectivity index (χ1n) is 6.21. The van der Waals surface area contributed by atoms with Gasteiger partial charge in [-0.05, 0) is 31.1 Å². The Bertz CT molecular complexity index is 453. The minimum absolute atomic E-state index is 0. The van der Waals surface area contributed by atoms with Gasteiger partial charge in [0.25, 0.3) is 0 Å². The summed E-state index contributed by atoms with van der Waals surface area (Å²) in [7, 11) is 0. The van der Waals surface area contributed by atoms with Gasteiger partial charge in [-0.1, -0.05) is 29.8 Å². The molecule has 1 aromatic rings. The number of benzene rings is 1. The predicted molar refractivity (Wildman–Crippen MR) is 65.6 cm³/mol. The van der Waals surface area contributed by atoms with Crippen LogP contribution in [0.2, 0.25) is 0 Å². The maximum Gasteiger partial charge on any atom is 0.306 e. The first-order valence-corrected chi connectivity index (χ1v) is 6.21. The molecule has 1 aliphatic carbocycles. The van der Waals surface area contributed by atoms with Crippen LogP contribution >= 0.6 is 0 Å². The standard InChI is InChI=1S/C14H16NO2.Ac/c16-13(17)10-5-7-14(8-6-10)9-15-12-4-2-1-3-11(12)14;/h1-4,10H,5-9H2,(H,16,17);/q-1;. The van der Waals surface area contributed by atoms with Gasteiger partial charge >= 0.3 is 5.97 Å². The SMILES string of the molecule is O=C(O)C1CCC2(CC1)C[N-]c1ccccc12.[Ac]. The quantitative estimate of drug-likeness (QED) is 0.705. The topological polar surface area (TPSA) is 51.4 Å². The summed E-state index contributed by atoms with van der Waals surface area (Å²) in [5.74, 6) is -0.781. The molecular formula is C14H16AcNO2-. The van der Waals surface area contributed by atoms with Crippen molar-refractivity contribution in [1.29, 1.82) is 0 Å². The maximum atomic E-state index is 11.0. The number of aliphatic carboxylic acids is 1. The van der Waals surface area contributed by atoms with E-state index in [9.17, 15) is 4.79 Å². The number of nitrogens with zero attached hydrogens (tertiary/aromatic N) is 1. The van der Waals surface area contributed by atoms with E-state index in [1.807, 2.05) is 6.07 Å². The molecule has 0 atom stereocenters. The van der Waals surface area contributed by atoms with Crippen molar-refractivity contribution >= 4 is 11.7 Å². The first kappa shape index (κ1) is 14.3. The number of carboxylic acid groups (broad SMARTS) is 1. The Balaban J connectivity index is 0.00000120. The molecular weight excluding hydrogens is 441 g/mol. The van der Waals surface area contributed by atoms with Gasteiger partial charge in [0, 0.05) is 44.1 Å². The number of rotatable bonds is 1. The molecule has 3 nitrogen and oxygen atoms in total. The molecule has 1 aliphatic heterocycles. The Hall–Kier alpha value is -0.0684. The van der Waals surface area contributed by atoms with Crippen molar-refractivity contribution in [3.8, 4) is 0 Å². The van der Waals surface area contributed by atoms with Gasteiger partial charge in [0.15, 0.2) is 0 Å². The zero-order chi connectivity index (χ0) is 11.9. The molecule has 18 heavy (non-hydrogen) atoms. The van der Waals surface area contributed by atoms with E-state index in [0.717, 1.165) is 37.9 Å². The molecule has 1 spiro atoms. The molecule has 1 saturated carbocycles. The van der Waals surface area contributed by atoms with Gasteiger partial charge in [-0.3, -0.25) is 4.79 Å². The second-order valence-corrected chi connectivity index (χ2v) is 5.23. The van der Waals surface area contributed by atoms with Crippen molar-refractivity contribution in [2.75, 3.05) is 6.54 Å². The second kappa shape index (κ2) is 5.51. The van der Waals surface area contributed by atoms with Crippen LogP contribution in [0.1, 0.15) is 31.2 Å². The molecule has 0 saturated heterocycles. The van der Waals surface area contributed by atoms with Crippen molar-refractivity contribution < 1.29 is 54.0 Å². The van der Waals surface area contributed by atoms with Crippen LogP contribution in [0.5, 0.6) is 0 Å². The van der Waals surface area contributed by atoms with E-state index >= 15 is 0 Å². The van der Waals surface area contributed by atoms with Gasteiger partial charge in [-0.25, -0.2) is 0 Å². The van der Waals surface area contributed by atoms with Gasteiger partial charge in [-0.2, -0.15) is 0 Å². The Morgan fingerprint density at radius 1 is 1.28 bits per heavy atom. The molecule has 2 aliphatic rings. The molecule has 0 aromatic heterocycles. The molecule has 4 heteroatoms. The summed E-state index contributed by atoms with van der Waals surface area (Å²) < 4.78 is 0. The zero-order valence-electron chi connectivity index (χ0n) is 10.3. The average molecular weight is 457 g/mol. The molecule has 3 rings (SSSR count). The summed E-state index contributed by atoms with van der Waals surface area (Å²) >= 11 is 0. The predicted octanol–water partition coefficient (Wildman–Crippen LogP) is 3.22. The number of hydrogen-bond acceptors (Lipinski definition) is 1. The first-order chi connectivity index (χ1) is 8.21. The van der Waals surface area contributed by atoms with Crippen LogP contribution in [0, 0.1) is 50.0 Å². The molecule has 93 valence electrons. The van der Waals surface area contributed by atoms with Crippen LogP contribution in [0.4, 0.5) is 5.69 Å². The van der Waals surface area contributed by atoms with E-state index < -0.39 is 5.97 Å². The monoisotopic (exact) mass is 457 g/mol. The van der Waals surface area contributed by atoms with Crippen LogP contribution < -0.4 is 0 Å². The third-order valence-electron chi connectivity index (χ3n) is 4.32. The summed E-state index contributed by atoms with van der Waals surface area (Å²) in [6.45, 7) is 0.846. The van der Waals surface area contributed by atoms with Crippen molar-refractivity contribution in [3.05, 3.63) is 35.1 Å². The molecule has 1 fully saturated rings. The third kappa shape index (κ3) is 2.34. The number of para-hydroxylation sites is 1. The van der Waals surface area contributed by atoms with Crippen LogP contribution in [0.25, 0.3) is 5.32 Å². The van der Waals surface area contributed by atoms with E-state index in [-0.39, 0.29) is 55.4 Å². The summed E-state index contributed by atoms with van der Waals surface area (Å²) in [5.41, 5.74) is 2.59. The molecule has 1 heterocycles. The van der Waals surface area contributed by atoms with Gasteiger partial charge in [0.1, 0.15) is 0 Å². The van der Waals surface area contributed by atoms with Crippen molar-refractivity contribution in [2.45, 2.75) is 31.1 Å². The number of fused-ring (bicyclic) bond motifs is 2. The molecule has 1 radical (unpaired) electrons. The fourth-order valence-electron chi connectivity index (χ4n) is 3.23. The fourth-order valence-corrected chi connectivity index (χ4v) is 3.23. The number of hydrogen-bond donors (Lipinski definition) is 1. The Morgan fingerprint density at radius 3 is 2.61 bits per heavy atom. The Labute approximate surface area is 143 Å². The number of carboxylic acids is 1. The zero-order valence-corrected chi connectivity index (χ0v) is 15.0. The van der Waals surface area contributed by atoms with Crippen molar-refractivity contribution in [3.63, 3.8) is 0 Å². The minimum Gasteiger partial charge on any atom is -0.683 e. The smallest absolute Gasteiger partial charge is 0.306 e. The largest absolute Gasteiger partial charge is 0.683 e. The van der Waals surface area contributed by atoms with Gasteiger partial charge in [-0.15, -0.1) is 12.2 Å². The maximum absolute atomic E-state index is 11.0. The molecule has 1 N–H and O–H groups in total. The summed E-state index contributed by atoms with van der Waals surface area (Å²) in [6.07, 6.45) is 3.51. The average Bonchev–Trinajstić information content (AvgIpc) is 2.70.